The first-order valence-electron chi connectivity index (χ1n) is 5.75. The van der Waals surface area contributed by atoms with Gasteiger partial charge < -0.3 is 10.1 Å². The van der Waals surface area contributed by atoms with Crippen molar-refractivity contribution in [3.8, 4) is 0 Å². The second kappa shape index (κ2) is 4.93. The van der Waals surface area contributed by atoms with Crippen molar-refractivity contribution in [1.82, 2.24) is 5.32 Å². The first kappa shape index (κ1) is 11.6. The molecule has 2 atom stereocenters. The predicted octanol–water partition coefficient (Wildman–Crippen LogP) is 2.69. The lowest BCUT2D eigenvalue weighted by Gasteiger charge is -2.25. The lowest BCUT2D eigenvalue weighted by molar-refractivity contribution is 0.0272. The molecular formula is C13H18FNO. The Morgan fingerprint density at radius 1 is 1.50 bits per heavy atom. The van der Waals surface area contributed by atoms with Crippen molar-refractivity contribution < 1.29 is 9.13 Å². The van der Waals surface area contributed by atoms with Gasteiger partial charge in [-0.2, -0.15) is 0 Å². The maximum Gasteiger partial charge on any atom is 0.122 e. The number of nitrogens with one attached hydrogen (secondary N) is 1. The molecule has 1 aliphatic heterocycles. The highest BCUT2D eigenvalue weighted by molar-refractivity contribution is 5.34. The second-order valence-corrected chi connectivity index (χ2v) is 4.30. The molecule has 88 valence electrons. The number of ether oxygens (including phenoxy) is 1. The third kappa shape index (κ3) is 2.42. The van der Waals surface area contributed by atoms with Gasteiger partial charge in [0.05, 0.1) is 12.7 Å². The van der Waals surface area contributed by atoms with Crippen molar-refractivity contribution >= 4 is 0 Å². The highest BCUT2D eigenvalue weighted by Crippen LogP contribution is 2.26. The summed E-state index contributed by atoms with van der Waals surface area (Å²) < 4.78 is 19.0. The number of halogens is 1. The number of alkyl halides is 1. The standard InChI is InChI=1S/C13H18FNO/c1-9-3-4-11(10(2)14)7-12(9)13-8-15-5-6-16-13/h3-4,7,10,13,15H,5-6,8H2,1-2H3. The van der Waals surface area contributed by atoms with Gasteiger partial charge in [0, 0.05) is 13.1 Å². The first-order valence-corrected chi connectivity index (χ1v) is 5.75. The van der Waals surface area contributed by atoms with Crippen molar-refractivity contribution in [3.05, 3.63) is 34.9 Å². The zero-order valence-electron chi connectivity index (χ0n) is 9.79. The van der Waals surface area contributed by atoms with Gasteiger partial charge in [0.15, 0.2) is 0 Å². The van der Waals surface area contributed by atoms with E-state index in [9.17, 15) is 4.39 Å². The van der Waals surface area contributed by atoms with Crippen LogP contribution in [-0.2, 0) is 4.74 Å². The number of benzene rings is 1. The number of rotatable bonds is 2. The Hall–Kier alpha value is -0.930. The van der Waals surface area contributed by atoms with Crippen LogP contribution in [0.2, 0.25) is 0 Å². The topological polar surface area (TPSA) is 21.3 Å². The van der Waals surface area contributed by atoms with Crippen molar-refractivity contribution in [3.63, 3.8) is 0 Å². The summed E-state index contributed by atoms with van der Waals surface area (Å²) in [4.78, 5) is 0. The molecular weight excluding hydrogens is 205 g/mol. The highest BCUT2D eigenvalue weighted by Gasteiger charge is 2.18. The molecule has 1 saturated heterocycles. The average molecular weight is 223 g/mol. The Morgan fingerprint density at radius 2 is 2.31 bits per heavy atom. The van der Waals surface area contributed by atoms with Gasteiger partial charge in [0.1, 0.15) is 6.17 Å². The summed E-state index contributed by atoms with van der Waals surface area (Å²) in [6.07, 6.45) is -0.858. The van der Waals surface area contributed by atoms with E-state index < -0.39 is 6.17 Å². The Labute approximate surface area is 95.8 Å². The maximum absolute atomic E-state index is 13.3. The third-order valence-corrected chi connectivity index (χ3v) is 3.04. The van der Waals surface area contributed by atoms with Crippen LogP contribution in [0.5, 0.6) is 0 Å². The van der Waals surface area contributed by atoms with Crippen molar-refractivity contribution in [2.24, 2.45) is 0 Å². The van der Waals surface area contributed by atoms with E-state index in [2.05, 4.69) is 5.32 Å². The predicted molar refractivity (Wildman–Crippen MR) is 62.3 cm³/mol. The smallest absolute Gasteiger partial charge is 0.122 e. The van der Waals surface area contributed by atoms with Gasteiger partial charge in [-0.05, 0) is 36.6 Å². The van der Waals surface area contributed by atoms with Crippen LogP contribution in [-0.4, -0.2) is 19.7 Å². The van der Waals surface area contributed by atoms with E-state index in [1.165, 1.54) is 0 Å². The normalized spacial score (nSPS) is 23.1. The van der Waals surface area contributed by atoms with Gasteiger partial charge >= 0.3 is 0 Å². The Balaban J connectivity index is 2.27. The van der Waals surface area contributed by atoms with Crippen LogP contribution in [0.25, 0.3) is 0 Å². The minimum atomic E-state index is -0.920. The summed E-state index contributed by atoms with van der Waals surface area (Å²) in [5.74, 6) is 0. The maximum atomic E-state index is 13.3. The second-order valence-electron chi connectivity index (χ2n) is 4.30. The molecule has 2 unspecified atom stereocenters. The fourth-order valence-electron chi connectivity index (χ4n) is 2.02. The summed E-state index contributed by atoms with van der Waals surface area (Å²) in [6.45, 7) is 6.04. The SMILES string of the molecule is Cc1ccc(C(C)F)cc1C1CNCCO1. The Kier molecular flexibility index (Phi) is 3.56. The lowest BCUT2D eigenvalue weighted by atomic mass is 9.98. The Morgan fingerprint density at radius 3 is 2.94 bits per heavy atom. The minimum Gasteiger partial charge on any atom is -0.371 e. The molecule has 1 heterocycles. The first-order chi connectivity index (χ1) is 7.68. The fourth-order valence-corrected chi connectivity index (χ4v) is 2.02. The molecule has 1 aromatic rings. The van der Waals surface area contributed by atoms with Gasteiger partial charge in [-0.15, -0.1) is 0 Å². The lowest BCUT2D eigenvalue weighted by Crippen LogP contribution is -2.33. The van der Waals surface area contributed by atoms with E-state index >= 15 is 0 Å². The zero-order chi connectivity index (χ0) is 11.5. The molecule has 3 heteroatoms. The molecule has 2 nitrogen and oxygen atoms in total. The van der Waals surface area contributed by atoms with Gasteiger partial charge in [0.2, 0.25) is 0 Å². The number of aryl methyl sites for hydroxylation is 1. The van der Waals surface area contributed by atoms with Crippen LogP contribution in [0, 0.1) is 6.92 Å². The summed E-state index contributed by atoms with van der Waals surface area (Å²) in [5.41, 5.74) is 3.00. The fraction of sp³-hybridized carbons (Fsp3) is 0.538. The van der Waals surface area contributed by atoms with Crippen LogP contribution in [0.3, 0.4) is 0 Å². The molecule has 2 rings (SSSR count). The molecule has 1 fully saturated rings. The van der Waals surface area contributed by atoms with Gasteiger partial charge in [-0.1, -0.05) is 12.1 Å². The van der Waals surface area contributed by atoms with Crippen LogP contribution in [0.4, 0.5) is 4.39 Å². The van der Waals surface area contributed by atoms with E-state index in [0.29, 0.717) is 0 Å². The van der Waals surface area contributed by atoms with Gasteiger partial charge in [-0.3, -0.25) is 0 Å². The molecule has 1 N–H and O–H groups in total. The number of hydrogen-bond acceptors (Lipinski definition) is 2. The zero-order valence-corrected chi connectivity index (χ0v) is 9.79. The average Bonchev–Trinajstić information content (AvgIpc) is 2.30. The van der Waals surface area contributed by atoms with Gasteiger partial charge in [0.25, 0.3) is 0 Å². The molecule has 1 aromatic carbocycles. The molecule has 0 saturated carbocycles. The van der Waals surface area contributed by atoms with Crippen LogP contribution < -0.4 is 5.32 Å². The summed E-state index contributed by atoms with van der Waals surface area (Å²) in [7, 11) is 0. The van der Waals surface area contributed by atoms with Crippen LogP contribution >= 0.6 is 0 Å². The summed E-state index contributed by atoms with van der Waals surface area (Å²) in [5, 5.41) is 3.29. The molecule has 0 aromatic heterocycles. The van der Waals surface area contributed by atoms with E-state index in [1.807, 2.05) is 25.1 Å². The summed E-state index contributed by atoms with van der Waals surface area (Å²) in [6, 6.07) is 5.75. The molecule has 1 aliphatic rings. The van der Waals surface area contributed by atoms with E-state index in [0.717, 1.165) is 36.4 Å². The highest BCUT2D eigenvalue weighted by atomic mass is 19.1. The van der Waals surface area contributed by atoms with E-state index in [1.54, 1.807) is 6.92 Å². The molecule has 0 amide bonds. The third-order valence-electron chi connectivity index (χ3n) is 3.04. The van der Waals surface area contributed by atoms with E-state index in [4.69, 9.17) is 4.74 Å². The largest absolute Gasteiger partial charge is 0.371 e. The molecule has 0 bridgehead atoms. The quantitative estimate of drug-likeness (QED) is 0.832. The van der Waals surface area contributed by atoms with Gasteiger partial charge in [-0.25, -0.2) is 4.39 Å². The number of morpholine rings is 1. The minimum absolute atomic E-state index is 0.0625. The molecule has 0 spiro atoms. The molecule has 16 heavy (non-hydrogen) atoms. The van der Waals surface area contributed by atoms with Crippen molar-refractivity contribution in [1.29, 1.82) is 0 Å². The molecule has 0 aliphatic carbocycles. The monoisotopic (exact) mass is 223 g/mol. The van der Waals surface area contributed by atoms with E-state index in [-0.39, 0.29) is 6.10 Å². The number of hydrogen-bond donors (Lipinski definition) is 1. The van der Waals surface area contributed by atoms with Crippen LogP contribution in [0.15, 0.2) is 18.2 Å². The Bertz CT molecular complexity index is 359. The van der Waals surface area contributed by atoms with Crippen LogP contribution in [0.1, 0.15) is 35.9 Å². The summed E-state index contributed by atoms with van der Waals surface area (Å²) >= 11 is 0. The van der Waals surface area contributed by atoms with Crippen molar-refractivity contribution in [2.45, 2.75) is 26.1 Å². The molecule has 0 radical (unpaired) electrons. The van der Waals surface area contributed by atoms with Crippen molar-refractivity contribution in [2.75, 3.05) is 19.7 Å².